The van der Waals surface area contributed by atoms with E-state index in [2.05, 4.69) is 209 Å². The summed E-state index contributed by atoms with van der Waals surface area (Å²) in [6, 6.07) is 79.9. The second-order valence-corrected chi connectivity index (χ2v) is 16.4. The zero-order valence-corrected chi connectivity index (χ0v) is 34.6. The molecule has 3 heterocycles. The van der Waals surface area contributed by atoms with Crippen LogP contribution in [0.25, 0.3) is 122 Å². The summed E-state index contributed by atoms with van der Waals surface area (Å²) in [6.07, 6.45) is 0. The second kappa shape index (κ2) is 14.5. The molecule has 0 N–H and O–H groups in total. The van der Waals surface area contributed by atoms with Crippen LogP contribution in [0.15, 0.2) is 224 Å². The summed E-state index contributed by atoms with van der Waals surface area (Å²) in [5, 5.41) is 9.63. The molecule has 0 atom stereocenters. The molecule has 0 saturated carbocycles. The van der Waals surface area contributed by atoms with Crippen LogP contribution >= 0.6 is 0 Å². The fourth-order valence-electron chi connectivity index (χ4n) is 9.74. The van der Waals surface area contributed by atoms with Gasteiger partial charge in [-0.15, -0.1) is 0 Å². The maximum atomic E-state index is 5.13. The first-order valence-electron chi connectivity index (χ1n) is 21.7. The van der Waals surface area contributed by atoms with E-state index in [1.165, 1.54) is 48.9 Å². The number of para-hydroxylation sites is 2. The van der Waals surface area contributed by atoms with Gasteiger partial charge in [0, 0.05) is 54.7 Å². The molecule has 10 aromatic carbocycles. The largest absolute Gasteiger partial charge is 0.309 e. The summed E-state index contributed by atoms with van der Waals surface area (Å²) in [6.45, 7) is 0. The van der Waals surface area contributed by atoms with Crippen LogP contribution in [0.3, 0.4) is 0 Å². The Morgan fingerprint density at radius 3 is 1.56 bits per heavy atom. The normalized spacial score (nSPS) is 11.8. The van der Waals surface area contributed by atoms with Gasteiger partial charge in [0.2, 0.25) is 0 Å². The molecular formula is C59H37N5. The molecule has 5 nitrogen and oxygen atoms in total. The van der Waals surface area contributed by atoms with E-state index in [0.717, 1.165) is 55.4 Å². The van der Waals surface area contributed by atoms with E-state index < -0.39 is 0 Å². The third kappa shape index (κ3) is 5.75. The first-order chi connectivity index (χ1) is 31.7. The fourth-order valence-corrected chi connectivity index (χ4v) is 9.74. The van der Waals surface area contributed by atoms with Crippen LogP contribution in [-0.4, -0.2) is 24.1 Å². The molecule has 0 radical (unpaired) electrons. The fraction of sp³-hybridized carbons (Fsp3) is 0. The monoisotopic (exact) mass is 815 g/mol. The number of hydrogen-bond donors (Lipinski definition) is 0. The zero-order chi connectivity index (χ0) is 42.1. The van der Waals surface area contributed by atoms with E-state index in [0.29, 0.717) is 17.5 Å². The van der Waals surface area contributed by atoms with Gasteiger partial charge in [0.05, 0.1) is 27.8 Å². The molecule has 64 heavy (non-hydrogen) atoms. The molecule has 3 aromatic heterocycles. The number of fused-ring (bicyclic) bond motifs is 9. The average molecular weight is 816 g/mol. The molecule has 0 bridgehead atoms. The number of hydrogen-bond acceptors (Lipinski definition) is 3. The molecule has 0 fully saturated rings. The van der Waals surface area contributed by atoms with Gasteiger partial charge in [-0.2, -0.15) is 0 Å². The Balaban J connectivity index is 0.999. The quantitative estimate of drug-likeness (QED) is 0.168. The highest BCUT2D eigenvalue weighted by atomic mass is 15.0. The van der Waals surface area contributed by atoms with Crippen molar-refractivity contribution < 1.29 is 0 Å². The molecule has 0 aliphatic heterocycles. The maximum Gasteiger partial charge on any atom is 0.164 e. The predicted molar refractivity (Wildman–Crippen MR) is 265 cm³/mol. The van der Waals surface area contributed by atoms with Gasteiger partial charge in [-0.25, -0.2) is 15.0 Å². The van der Waals surface area contributed by atoms with Crippen molar-refractivity contribution in [3.8, 4) is 56.7 Å². The summed E-state index contributed by atoms with van der Waals surface area (Å²) < 4.78 is 4.90. The second-order valence-electron chi connectivity index (χ2n) is 16.4. The molecule has 0 amide bonds. The van der Waals surface area contributed by atoms with Gasteiger partial charge in [-0.05, 0) is 64.4 Å². The van der Waals surface area contributed by atoms with E-state index in [4.69, 9.17) is 15.0 Å². The standard InChI is InChI=1S/C59H37N5/c1-4-15-38(16-5-1)39-27-29-42(30-28-39)58-60-57(41-18-6-2-7-19-41)61-59(62-58)44-32-33-46-43(35-44)20-14-26-52(46)64-53-25-13-12-24-48(53)50-36-51-49-34-31-40-17-10-11-23-47(40)56(49)63(54(51)37-55(50)64)45-21-8-3-9-22-45/h1-37H. The van der Waals surface area contributed by atoms with Crippen molar-refractivity contribution in [1.82, 2.24) is 24.1 Å². The van der Waals surface area contributed by atoms with E-state index in [1.54, 1.807) is 0 Å². The van der Waals surface area contributed by atoms with Crippen LogP contribution in [0.5, 0.6) is 0 Å². The molecule has 0 spiro atoms. The minimum atomic E-state index is 0.629. The van der Waals surface area contributed by atoms with Gasteiger partial charge in [-0.3, -0.25) is 0 Å². The summed E-state index contributed by atoms with van der Waals surface area (Å²) in [5.41, 5.74) is 12.1. The number of rotatable bonds is 6. The van der Waals surface area contributed by atoms with Crippen LogP contribution in [0.2, 0.25) is 0 Å². The number of aromatic nitrogens is 5. The van der Waals surface area contributed by atoms with Gasteiger partial charge in [0.15, 0.2) is 17.5 Å². The third-order valence-corrected chi connectivity index (χ3v) is 12.7. The van der Waals surface area contributed by atoms with Crippen molar-refractivity contribution in [3.05, 3.63) is 224 Å². The lowest BCUT2D eigenvalue weighted by Gasteiger charge is -2.14. The molecule has 5 heteroatoms. The summed E-state index contributed by atoms with van der Waals surface area (Å²) in [7, 11) is 0. The average Bonchev–Trinajstić information content (AvgIpc) is 3.88. The minimum absolute atomic E-state index is 0.629. The predicted octanol–water partition coefficient (Wildman–Crippen LogP) is 15.0. The van der Waals surface area contributed by atoms with E-state index in [1.807, 2.05) is 24.3 Å². The van der Waals surface area contributed by atoms with Crippen LogP contribution in [0.4, 0.5) is 0 Å². The van der Waals surface area contributed by atoms with Gasteiger partial charge >= 0.3 is 0 Å². The topological polar surface area (TPSA) is 48.5 Å². The van der Waals surface area contributed by atoms with E-state index >= 15 is 0 Å². The zero-order valence-electron chi connectivity index (χ0n) is 34.6. The van der Waals surface area contributed by atoms with Gasteiger partial charge < -0.3 is 9.13 Å². The lowest BCUT2D eigenvalue weighted by Crippen LogP contribution is -2.00. The van der Waals surface area contributed by atoms with Crippen LogP contribution in [0, 0.1) is 0 Å². The van der Waals surface area contributed by atoms with Crippen molar-refractivity contribution in [2.75, 3.05) is 0 Å². The highest BCUT2D eigenvalue weighted by molar-refractivity contribution is 6.23. The molecule has 0 aliphatic carbocycles. The Hall–Kier alpha value is -8.67. The third-order valence-electron chi connectivity index (χ3n) is 12.7. The van der Waals surface area contributed by atoms with Gasteiger partial charge in [0.25, 0.3) is 0 Å². The molecule has 13 aromatic rings. The molecule has 298 valence electrons. The van der Waals surface area contributed by atoms with E-state index in [9.17, 15) is 0 Å². The van der Waals surface area contributed by atoms with Crippen molar-refractivity contribution in [2.45, 2.75) is 0 Å². The first kappa shape index (κ1) is 36.0. The smallest absolute Gasteiger partial charge is 0.164 e. The number of nitrogens with zero attached hydrogens (tertiary/aromatic N) is 5. The number of benzene rings is 10. The molecule has 0 aliphatic rings. The minimum Gasteiger partial charge on any atom is -0.309 e. The molecular weight excluding hydrogens is 779 g/mol. The Morgan fingerprint density at radius 2 is 0.797 bits per heavy atom. The van der Waals surface area contributed by atoms with Crippen molar-refractivity contribution in [2.24, 2.45) is 0 Å². The Bertz CT molecular complexity index is 3930. The SMILES string of the molecule is c1ccc(-c2ccc(-c3nc(-c4ccccc4)nc(-c4ccc5c(-n6c7ccccc7c7cc8c9ccc%10ccccc%10c9n(-c9ccccc9)c8cc76)cccc5c4)n3)cc2)cc1. The van der Waals surface area contributed by atoms with Crippen LogP contribution in [-0.2, 0) is 0 Å². The lowest BCUT2D eigenvalue weighted by molar-refractivity contribution is 1.07. The highest BCUT2D eigenvalue weighted by Crippen LogP contribution is 2.42. The van der Waals surface area contributed by atoms with Crippen molar-refractivity contribution >= 4 is 65.2 Å². The molecule has 13 rings (SSSR count). The van der Waals surface area contributed by atoms with Gasteiger partial charge in [0.1, 0.15) is 0 Å². The van der Waals surface area contributed by atoms with E-state index in [-0.39, 0.29) is 0 Å². The Labute approximate surface area is 368 Å². The van der Waals surface area contributed by atoms with Crippen LogP contribution < -0.4 is 0 Å². The van der Waals surface area contributed by atoms with Crippen molar-refractivity contribution in [1.29, 1.82) is 0 Å². The summed E-state index contributed by atoms with van der Waals surface area (Å²) >= 11 is 0. The maximum absolute atomic E-state index is 5.13. The van der Waals surface area contributed by atoms with Gasteiger partial charge in [-0.1, -0.05) is 182 Å². The lowest BCUT2D eigenvalue weighted by atomic mass is 10.0. The molecule has 0 unspecified atom stereocenters. The first-order valence-corrected chi connectivity index (χ1v) is 21.7. The Kier molecular flexibility index (Phi) is 8.15. The highest BCUT2D eigenvalue weighted by Gasteiger charge is 2.21. The van der Waals surface area contributed by atoms with Crippen molar-refractivity contribution in [3.63, 3.8) is 0 Å². The molecule has 0 saturated heterocycles. The van der Waals surface area contributed by atoms with Crippen LogP contribution in [0.1, 0.15) is 0 Å². The summed E-state index contributed by atoms with van der Waals surface area (Å²) in [4.78, 5) is 15.2. The summed E-state index contributed by atoms with van der Waals surface area (Å²) in [5.74, 6) is 1.90. The Morgan fingerprint density at radius 1 is 0.266 bits per heavy atom.